The molecule has 15 heavy (non-hydrogen) atoms. The van der Waals surface area contributed by atoms with Crippen LogP contribution >= 0.6 is 11.3 Å². The van der Waals surface area contributed by atoms with Crippen LogP contribution in [0.15, 0.2) is 47.2 Å². The standard InChI is InChI=1S/C13H11NS/c1-2-4-13-11(3-1)8-12(14-13)7-10-5-6-15-9-10/h1-6,8-9,14H,7H2. The lowest BCUT2D eigenvalue weighted by Crippen LogP contribution is -1.83. The molecule has 2 aromatic heterocycles. The Hall–Kier alpha value is -1.54. The van der Waals surface area contributed by atoms with Crippen molar-refractivity contribution in [3.05, 3.63) is 58.4 Å². The second-order valence-electron chi connectivity index (χ2n) is 3.69. The van der Waals surface area contributed by atoms with E-state index in [2.05, 4.69) is 52.1 Å². The SMILES string of the molecule is c1ccc2[nH]c(Cc3ccsc3)cc2c1. The molecule has 0 saturated heterocycles. The Balaban J connectivity index is 1.98. The van der Waals surface area contributed by atoms with Crippen LogP contribution in [0.25, 0.3) is 10.9 Å². The number of para-hydroxylation sites is 1. The summed E-state index contributed by atoms with van der Waals surface area (Å²) in [7, 11) is 0. The van der Waals surface area contributed by atoms with Gasteiger partial charge in [0.1, 0.15) is 0 Å². The maximum Gasteiger partial charge on any atom is 0.0456 e. The molecular formula is C13H11NS. The Bertz CT molecular complexity index is 530. The quantitative estimate of drug-likeness (QED) is 0.666. The number of aromatic amines is 1. The molecule has 2 heteroatoms. The molecule has 3 rings (SSSR count). The summed E-state index contributed by atoms with van der Waals surface area (Å²) in [6, 6.07) is 12.8. The molecule has 0 bridgehead atoms. The van der Waals surface area contributed by atoms with Gasteiger partial charge in [-0.3, -0.25) is 0 Å². The Morgan fingerprint density at radius 1 is 1.13 bits per heavy atom. The van der Waals surface area contributed by atoms with E-state index in [4.69, 9.17) is 0 Å². The van der Waals surface area contributed by atoms with Crippen LogP contribution in [0.3, 0.4) is 0 Å². The van der Waals surface area contributed by atoms with Crippen LogP contribution in [0, 0.1) is 0 Å². The summed E-state index contributed by atoms with van der Waals surface area (Å²) in [6.45, 7) is 0. The third-order valence-corrected chi connectivity index (χ3v) is 3.29. The van der Waals surface area contributed by atoms with Crippen LogP contribution < -0.4 is 0 Å². The van der Waals surface area contributed by atoms with Gasteiger partial charge in [0.2, 0.25) is 0 Å². The smallest absolute Gasteiger partial charge is 0.0456 e. The Labute approximate surface area is 92.4 Å². The Morgan fingerprint density at radius 2 is 2.07 bits per heavy atom. The highest BCUT2D eigenvalue weighted by molar-refractivity contribution is 7.07. The van der Waals surface area contributed by atoms with Crippen LogP contribution in [0.4, 0.5) is 0 Å². The normalized spacial score (nSPS) is 10.9. The van der Waals surface area contributed by atoms with Crippen molar-refractivity contribution in [3.63, 3.8) is 0 Å². The maximum absolute atomic E-state index is 3.44. The van der Waals surface area contributed by atoms with Crippen molar-refractivity contribution in [2.24, 2.45) is 0 Å². The summed E-state index contributed by atoms with van der Waals surface area (Å²) in [5.41, 5.74) is 3.89. The van der Waals surface area contributed by atoms with Crippen LogP contribution in [-0.4, -0.2) is 4.98 Å². The van der Waals surface area contributed by atoms with Gasteiger partial charge in [0.05, 0.1) is 0 Å². The van der Waals surface area contributed by atoms with Crippen molar-refractivity contribution >= 4 is 22.2 Å². The van der Waals surface area contributed by atoms with E-state index in [1.165, 1.54) is 22.2 Å². The molecule has 74 valence electrons. The number of hydrogen-bond acceptors (Lipinski definition) is 1. The number of hydrogen-bond donors (Lipinski definition) is 1. The molecule has 3 aromatic rings. The fraction of sp³-hybridized carbons (Fsp3) is 0.0769. The molecular weight excluding hydrogens is 202 g/mol. The largest absolute Gasteiger partial charge is 0.358 e. The van der Waals surface area contributed by atoms with Gasteiger partial charge in [-0.2, -0.15) is 11.3 Å². The number of benzene rings is 1. The second-order valence-corrected chi connectivity index (χ2v) is 4.47. The minimum Gasteiger partial charge on any atom is -0.358 e. The summed E-state index contributed by atoms with van der Waals surface area (Å²) >= 11 is 1.75. The predicted octanol–water partition coefficient (Wildman–Crippen LogP) is 3.82. The van der Waals surface area contributed by atoms with E-state index in [1.807, 2.05) is 0 Å². The Morgan fingerprint density at radius 3 is 2.87 bits per heavy atom. The van der Waals surface area contributed by atoms with Crippen LogP contribution in [0.2, 0.25) is 0 Å². The first-order chi connectivity index (χ1) is 7.42. The average Bonchev–Trinajstić information content (AvgIpc) is 2.86. The monoisotopic (exact) mass is 213 g/mol. The number of nitrogens with one attached hydrogen (secondary N) is 1. The van der Waals surface area contributed by atoms with Crippen molar-refractivity contribution in [1.82, 2.24) is 4.98 Å². The molecule has 0 spiro atoms. The molecule has 0 aliphatic carbocycles. The molecule has 1 aromatic carbocycles. The van der Waals surface area contributed by atoms with Crippen molar-refractivity contribution in [1.29, 1.82) is 0 Å². The molecule has 1 nitrogen and oxygen atoms in total. The Kier molecular flexibility index (Phi) is 2.07. The van der Waals surface area contributed by atoms with Gasteiger partial charge in [-0.1, -0.05) is 18.2 Å². The van der Waals surface area contributed by atoms with Gasteiger partial charge in [-0.25, -0.2) is 0 Å². The van der Waals surface area contributed by atoms with Crippen LogP contribution in [0.5, 0.6) is 0 Å². The number of thiophene rings is 1. The molecule has 0 radical (unpaired) electrons. The van der Waals surface area contributed by atoms with Crippen LogP contribution in [-0.2, 0) is 6.42 Å². The zero-order chi connectivity index (χ0) is 10.1. The zero-order valence-corrected chi connectivity index (χ0v) is 9.05. The predicted molar refractivity (Wildman–Crippen MR) is 65.4 cm³/mol. The van der Waals surface area contributed by atoms with Gasteiger partial charge < -0.3 is 4.98 Å². The van der Waals surface area contributed by atoms with E-state index in [0.29, 0.717) is 0 Å². The lowest BCUT2D eigenvalue weighted by atomic mass is 10.2. The van der Waals surface area contributed by atoms with Crippen molar-refractivity contribution in [2.45, 2.75) is 6.42 Å². The first kappa shape index (κ1) is 8.74. The fourth-order valence-corrected chi connectivity index (χ4v) is 2.51. The summed E-state index contributed by atoms with van der Waals surface area (Å²) in [4.78, 5) is 3.44. The number of H-pyrrole nitrogens is 1. The minimum atomic E-state index is 0.998. The van der Waals surface area contributed by atoms with E-state index in [9.17, 15) is 0 Å². The van der Waals surface area contributed by atoms with E-state index >= 15 is 0 Å². The summed E-state index contributed by atoms with van der Waals surface area (Å²) < 4.78 is 0. The minimum absolute atomic E-state index is 0.998. The molecule has 0 aliphatic rings. The second kappa shape index (κ2) is 3.55. The maximum atomic E-state index is 3.44. The zero-order valence-electron chi connectivity index (χ0n) is 8.23. The third-order valence-electron chi connectivity index (χ3n) is 2.56. The molecule has 0 unspecified atom stereocenters. The van der Waals surface area contributed by atoms with Gasteiger partial charge >= 0.3 is 0 Å². The van der Waals surface area contributed by atoms with E-state index in [0.717, 1.165) is 6.42 Å². The van der Waals surface area contributed by atoms with E-state index in [1.54, 1.807) is 11.3 Å². The highest BCUT2D eigenvalue weighted by atomic mass is 32.1. The summed E-state index contributed by atoms with van der Waals surface area (Å²) in [5, 5.41) is 5.62. The van der Waals surface area contributed by atoms with Crippen molar-refractivity contribution in [2.75, 3.05) is 0 Å². The molecule has 0 fully saturated rings. The number of fused-ring (bicyclic) bond motifs is 1. The molecule has 0 atom stereocenters. The van der Waals surface area contributed by atoms with E-state index in [-0.39, 0.29) is 0 Å². The summed E-state index contributed by atoms with van der Waals surface area (Å²) in [5.74, 6) is 0. The van der Waals surface area contributed by atoms with Crippen LogP contribution in [0.1, 0.15) is 11.3 Å². The van der Waals surface area contributed by atoms with Gasteiger partial charge in [0.15, 0.2) is 0 Å². The average molecular weight is 213 g/mol. The molecule has 0 saturated carbocycles. The number of aromatic nitrogens is 1. The van der Waals surface area contributed by atoms with Crippen molar-refractivity contribution in [3.8, 4) is 0 Å². The van der Waals surface area contributed by atoms with Gasteiger partial charge in [-0.15, -0.1) is 0 Å². The molecule has 0 amide bonds. The molecule has 1 N–H and O–H groups in total. The van der Waals surface area contributed by atoms with Gasteiger partial charge in [-0.05, 0) is 39.9 Å². The molecule has 2 heterocycles. The van der Waals surface area contributed by atoms with E-state index < -0.39 is 0 Å². The highest BCUT2D eigenvalue weighted by Crippen LogP contribution is 2.18. The fourth-order valence-electron chi connectivity index (χ4n) is 1.84. The topological polar surface area (TPSA) is 15.8 Å². The number of rotatable bonds is 2. The first-order valence-corrected chi connectivity index (χ1v) is 5.94. The van der Waals surface area contributed by atoms with Gasteiger partial charge in [0.25, 0.3) is 0 Å². The highest BCUT2D eigenvalue weighted by Gasteiger charge is 2.01. The third kappa shape index (κ3) is 1.68. The molecule has 0 aliphatic heterocycles. The van der Waals surface area contributed by atoms with Gasteiger partial charge in [0, 0.05) is 17.6 Å². The summed E-state index contributed by atoms with van der Waals surface area (Å²) in [6.07, 6.45) is 0.998. The van der Waals surface area contributed by atoms with Crippen molar-refractivity contribution < 1.29 is 0 Å². The first-order valence-electron chi connectivity index (χ1n) is 4.99. The lowest BCUT2D eigenvalue weighted by Gasteiger charge is -1.92. The lowest BCUT2D eigenvalue weighted by molar-refractivity contribution is 1.13.